The topological polar surface area (TPSA) is 50.2 Å². The Hall–Kier alpha value is -2.20. The molecule has 100 valence electrons. The second-order valence-corrected chi connectivity index (χ2v) is 5.70. The van der Waals surface area contributed by atoms with Crippen LogP contribution in [0, 0.1) is 0 Å². The number of hydrogen-bond donors (Lipinski definition) is 1. The predicted molar refractivity (Wildman–Crippen MR) is 81.1 cm³/mol. The fourth-order valence-electron chi connectivity index (χ4n) is 2.06. The van der Waals surface area contributed by atoms with Crippen LogP contribution >= 0.6 is 11.3 Å². The van der Waals surface area contributed by atoms with E-state index in [0.717, 1.165) is 26.4 Å². The first-order valence-electron chi connectivity index (χ1n) is 6.34. The van der Waals surface area contributed by atoms with Crippen molar-refractivity contribution >= 4 is 27.5 Å². The molecule has 4 heteroatoms. The third-order valence-corrected chi connectivity index (χ3v) is 4.39. The maximum Gasteiger partial charge on any atom is 0.310 e. The van der Waals surface area contributed by atoms with Crippen molar-refractivity contribution in [2.24, 2.45) is 0 Å². The summed E-state index contributed by atoms with van der Waals surface area (Å²) in [5.74, 6) is -1.33. The van der Waals surface area contributed by atoms with Crippen molar-refractivity contribution in [1.82, 2.24) is 4.98 Å². The van der Waals surface area contributed by atoms with Crippen molar-refractivity contribution in [2.75, 3.05) is 0 Å². The Kier molecular flexibility index (Phi) is 3.24. The Bertz CT molecular complexity index is 765. The van der Waals surface area contributed by atoms with Crippen LogP contribution in [0.2, 0.25) is 0 Å². The number of rotatable bonds is 3. The number of nitrogens with zero attached hydrogens (tertiary/aromatic N) is 1. The SMILES string of the molecule is C[C@H](C(=O)O)c1ccc2sc(-c3ccccc3)nc2c1. The van der Waals surface area contributed by atoms with Crippen LogP contribution in [0.3, 0.4) is 0 Å². The van der Waals surface area contributed by atoms with Gasteiger partial charge in [0.1, 0.15) is 5.01 Å². The summed E-state index contributed by atoms with van der Waals surface area (Å²) in [6, 6.07) is 15.7. The fourth-order valence-corrected chi connectivity index (χ4v) is 3.01. The van der Waals surface area contributed by atoms with Gasteiger partial charge in [0.15, 0.2) is 0 Å². The molecule has 1 aromatic heterocycles. The first-order valence-corrected chi connectivity index (χ1v) is 7.15. The van der Waals surface area contributed by atoms with Gasteiger partial charge in [-0.25, -0.2) is 4.98 Å². The highest BCUT2D eigenvalue weighted by Gasteiger charge is 2.15. The standard InChI is InChI=1S/C16H13NO2S/c1-10(16(18)19)12-7-8-14-13(9-12)17-15(20-14)11-5-3-2-4-6-11/h2-10H,1H3,(H,18,19)/t10-/m0/s1. The second-order valence-electron chi connectivity index (χ2n) is 4.67. The van der Waals surface area contributed by atoms with Gasteiger partial charge in [0.2, 0.25) is 0 Å². The normalized spacial score (nSPS) is 12.4. The van der Waals surface area contributed by atoms with E-state index in [9.17, 15) is 4.79 Å². The molecule has 0 bridgehead atoms. The number of fused-ring (bicyclic) bond motifs is 1. The highest BCUT2D eigenvalue weighted by Crippen LogP contribution is 2.31. The lowest BCUT2D eigenvalue weighted by molar-refractivity contribution is -0.138. The van der Waals surface area contributed by atoms with Gasteiger partial charge in [-0.1, -0.05) is 36.4 Å². The molecule has 1 N–H and O–H groups in total. The monoisotopic (exact) mass is 283 g/mol. The Morgan fingerprint density at radius 3 is 2.65 bits per heavy atom. The van der Waals surface area contributed by atoms with E-state index in [0.29, 0.717) is 0 Å². The van der Waals surface area contributed by atoms with Crippen LogP contribution in [0.5, 0.6) is 0 Å². The summed E-state index contributed by atoms with van der Waals surface area (Å²) < 4.78 is 1.07. The van der Waals surface area contributed by atoms with E-state index in [1.54, 1.807) is 18.3 Å². The molecule has 0 unspecified atom stereocenters. The van der Waals surface area contributed by atoms with Crippen molar-refractivity contribution in [1.29, 1.82) is 0 Å². The van der Waals surface area contributed by atoms with E-state index in [4.69, 9.17) is 5.11 Å². The molecule has 0 spiro atoms. The average molecular weight is 283 g/mol. The Labute approximate surface area is 120 Å². The molecule has 20 heavy (non-hydrogen) atoms. The van der Waals surface area contributed by atoms with Gasteiger partial charge < -0.3 is 5.11 Å². The second kappa shape index (κ2) is 5.06. The molecule has 0 saturated carbocycles. The van der Waals surface area contributed by atoms with E-state index in [1.807, 2.05) is 48.5 Å². The summed E-state index contributed by atoms with van der Waals surface area (Å²) in [6.45, 7) is 1.69. The highest BCUT2D eigenvalue weighted by molar-refractivity contribution is 7.21. The number of carboxylic acids is 1. The molecule has 3 nitrogen and oxygen atoms in total. The van der Waals surface area contributed by atoms with Crippen LogP contribution < -0.4 is 0 Å². The predicted octanol–water partition coefficient (Wildman–Crippen LogP) is 4.15. The number of hydrogen-bond acceptors (Lipinski definition) is 3. The summed E-state index contributed by atoms with van der Waals surface area (Å²) in [5.41, 5.74) is 2.73. The summed E-state index contributed by atoms with van der Waals surface area (Å²) in [5, 5.41) is 10.0. The lowest BCUT2D eigenvalue weighted by atomic mass is 10.0. The van der Waals surface area contributed by atoms with Crippen molar-refractivity contribution in [2.45, 2.75) is 12.8 Å². The third kappa shape index (κ3) is 2.30. The van der Waals surface area contributed by atoms with E-state index in [2.05, 4.69) is 4.98 Å². The van der Waals surface area contributed by atoms with E-state index in [1.165, 1.54) is 0 Å². The number of aliphatic carboxylic acids is 1. The molecule has 0 aliphatic heterocycles. The Balaban J connectivity index is 2.06. The molecule has 0 amide bonds. The highest BCUT2D eigenvalue weighted by atomic mass is 32.1. The number of aromatic nitrogens is 1. The number of carbonyl (C=O) groups is 1. The van der Waals surface area contributed by atoms with Crippen molar-refractivity contribution in [3.63, 3.8) is 0 Å². The first kappa shape index (κ1) is 12.8. The van der Waals surface area contributed by atoms with E-state index >= 15 is 0 Å². The molecule has 1 atom stereocenters. The molecular weight excluding hydrogens is 270 g/mol. The summed E-state index contributed by atoms with van der Waals surface area (Å²) in [7, 11) is 0. The quantitative estimate of drug-likeness (QED) is 0.785. The maximum atomic E-state index is 11.0. The van der Waals surface area contributed by atoms with E-state index < -0.39 is 11.9 Å². The van der Waals surface area contributed by atoms with Crippen LogP contribution in [0.1, 0.15) is 18.4 Å². The van der Waals surface area contributed by atoms with Crippen molar-refractivity contribution < 1.29 is 9.90 Å². The van der Waals surface area contributed by atoms with Crippen molar-refractivity contribution in [3.8, 4) is 10.6 Å². The molecule has 2 aromatic carbocycles. The van der Waals surface area contributed by atoms with Crippen LogP contribution in [-0.4, -0.2) is 16.1 Å². The van der Waals surface area contributed by atoms with Gasteiger partial charge in [-0.15, -0.1) is 11.3 Å². The van der Waals surface area contributed by atoms with Gasteiger partial charge in [-0.05, 0) is 24.6 Å². The smallest absolute Gasteiger partial charge is 0.310 e. The fraction of sp³-hybridized carbons (Fsp3) is 0.125. The van der Waals surface area contributed by atoms with Crippen LogP contribution in [0.25, 0.3) is 20.8 Å². The molecule has 0 saturated heterocycles. The molecule has 1 heterocycles. The van der Waals surface area contributed by atoms with Crippen LogP contribution in [-0.2, 0) is 4.79 Å². The van der Waals surface area contributed by atoms with Crippen LogP contribution in [0.15, 0.2) is 48.5 Å². The number of benzene rings is 2. The zero-order valence-corrected chi connectivity index (χ0v) is 11.7. The third-order valence-electron chi connectivity index (χ3n) is 3.30. The van der Waals surface area contributed by atoms with Gasteiger partial charge in [-0.3, -0.25) is 4.79 Å². The van der Waals surface area contributed by atoms with Gasteiger partial charge >= 0.3 is 5.97 Å². The Morgan fingerprint density at radius 2 is 1.95 bits per heavy atom. The molecule has 0 fully saturated rings. The van der Waals surface area contributed by atoms with Gasteiger partial charge in [0.25, 0.3) is 0 Å². The molecule has 3 rings (SSSR count). The number of thiazole rings is 1. The maximum absolute atomic E-state index is 11.0. The summed E-state index contributed by atoms with van der Waals surface area (Å²) >= 11 is 1.62. The molecule has 3 aromatic rings. The minimum atomic E-state index is -0.817. The zero-order valence-electron chi connectivity index (χ0n) is 10.9. The molecule has 0 aliphatic carbocycles. The first-order chi connectivity index (χ1) is 9.65. The lowest BCUT2D eigenvalue weighted by Crippen LogP contribution is -2.06. The number of carboxylic acid groups (broad SMARTS) is 1. The summed E-state index contributed by atoms with van der Waals surface area (Å²) in [4.78, 5) is 15.7. The minimum Gasteiger partial charge on any atom is -0.481 e. The van der Waals surface area contributed by atoms with Gasteiger partial charge in [0, 0.05) is 5.56 Å². The van der Waals surface area contributed by atoms with Crippen molar-refractivity contribution in [3.05, 3.63) is 54.1 Å². The van der Waals surface area contributed by atoms with E-state index in [-0.39, 0.29) is 0 Å². The molecule has 0 aliphatic rings. The molecular formula is C16H13NO2S. The minimum absolute atomic E-state index is 0.513. The average Bonchev–Trinajstić information content (AvgIpc) is 2.90. The summed E-state index contributed by atoms with van der Waals surface area (Å²) in [6.07, 6.45) is 0. The Morgan fingerprint density at radius 1 is 1.20 bits per heavy atom. The van der Waals surface area contributed by atoms with Gasteiger partial charge in [-0.2, -0.15) is 0 Å². The molecule has 0 radical (unpaired) electrons. The lowest BCUT2D eigenvalue weighted by Gasteiger charge is -2.05. The zero-order chi connectivity index (χ0) is 14.1. The van der Waals surface area contributed by atoms with Crippen LogP contribution in [0.4, 0.5) is 0 Å². The largest absolute Gasteiger partial charge is 0.481 e. The van der Waals surface area contributed by atoms with Gasteiger partial charge in [0.05, 0.1) is 16.1 Å².